The molecule has 0 aliphatic heterocycles. The predicted octanol–water partition coefficient (Wildman–Crippen LogP) is 1.71. The van der Waals surface area contributed by atoms with Gasteiger partial charge in [0.25, 0.3) is 0 Å². The van der Waals surface area contributed by atoms with Crippen molar-refractivity contribution in [2.24, 2.45) is 11.7 Å². The second kappa shape index (κ2) is 7.22. The number of hydrogen-bond acceptors (Lipinski definition) is 7. The van der Waals surface area contributed by atoms with E-state index in [4.69, 9.17) is 15.2 Å². The molecule has 0 bridgehead atoms. The molecule has 0 saturated carbocycles. The van der Waals surface area contributed by atoms with Crippen LogP contribution in [-0.2, 0) is 19.1 Å². The number of carboxylic acids is 1. The van der Waals surface area contributed by atoms with E-state index in [9.17, 15) is 19.5 Å². The summed E-state index contributed by atoms with van der Waals surface area (Å²) < 4.78 is 11.3. The maximum Gasteiger partial charge on any atom is 0.420 e. The lowest BCUT2D eigenvalue weighted by Gasteiger charge is -2.26. The first-order valence-corrected chi connectivity index (χ1v) is 7.70. The number of carbonyl (C=O) groups excluding carboxylic acids is 2. The van der Waals surface area contributed by atoms with Crippen molar-refractivity contribution in [3.63, 3.8) is 0 Å². The number of aliphatic carboxylic acids is 1. The van der Waals surface area contributed by atoms with E-state index < -0.39 is 41.2 Å². The number of hydrogen-bond donors (Lipinski definition) is 2. The summed E-state index contributed by atoms with van der Waals surface area (Å²) in [6.45, 7) is 9.88. The third kappa shape index (κ3) is 5.86. The largest absolute Gasteiger partial charge is 0.481 e. The molecule has 2 unspecified atom stereocenters. The lowest BCUT2D eigenvalue weighted by atomic mass is 9.97. The summed E-state index contributed by atoms with van der Waals surface area (Å²) in [4.78, 5) is 39.8. The van der Waals surface area contributed by atoms with Crippen molar-refractivity contribution in [2.75, 3.05) is 0 Å². The molecule has 0 saturated heterocycles. The van der Waals surface area contributed by atoms with E-state index in [0.29, 0.717) is 0 Å². The van der Waals surface area contributed by atoms with Gasteiger partial charge in [-0.05, 0) is 41.5 Å². The topological polar surface area (TPSA) is 134 Å². The Morgan fingerprint density at radius 2 is 1.64 bits per heavy atom. The van der Waals surface area contributed by atoms with Crippen LogP contribution in [-0.4, -0.2) is 43.9 Å². The molecule has 3 N–H and O–H groups in total. The molecule has 9 heteroatoms. The van der Waals surface area contributed by atoms with E-state index >= 15 is 0 Å². The van der Waals surface area contributed by atoms with Gasteiger partial charge >= 0.3 is 18.0 Å². The molecule has 1 heterocycles. The fourth-order valence-electron chi connectivity index (χ4n) is 1.95. The smallest absolute Gasteiger partial charge is 0.420 e. The number of carboxylic acid groups (broad SMARTS) is 1. The lowest BCUT2D eigenvalue weighted by Crippen LogP contribution is -2.40. The molecule has 25 heavy (non-hydrogen) atoms. The SMILES string of the molecule is CC(C)(C)OC(=O)C(C(=O)O)C(N)c1cncn1C(=O)OC(C)(C)C. The van der Waals surface area contributed by atoms with Crippen LogP contribution in [0.5, 0.6) is 0 Å². The highest BCUT2D eigenvalue weighted by Crippen LogP contribution is 2.24. The minimum Gasteiger partial charge on any atom is -0.481 e. The average Bonchev–Trinajstić information content (AvgIpc) is 2.82. The summed E-state index contributed by atoms with van der Waals surface area (Å²) >= 11 is 0. The van der Waals surface area contributed by atoms with Crippen LogP contribution >= 0.6 is 0 Å². The number of carbonyl (C=O) groups is 3. The van der Waals surface area contributed by atoms with Crippen LogP contribution in [0.3, 0.4) is 0 Å². The zero-order valence-corrected chi connectivity index (χ0v) is 15.3. The Kier molecular flexibility index (Phi) is 5.96. The minimum absolute atomic E-state index is 0.0347. The van der Waals surface area contributed by atoms with Gasteiger partial charge in [-0.1, -0.05) is 0 Å². The molecular formula is C16H25N3O6. The third-order valence-corrected chi connectivity index (χ3v) is 2.88. The molecule has 0 amide bonds. The Hall–Kier alpha value is -2.42. The van der Waals surface area contributed by atoms with Gasteiger partial charge in [0.1, 0.15) is 17.5 Å². The number of nitrogens with two attached hydrogens (primary N) is 1. The van der Waals surface area contributed by atoms with Crippen molar-refractivity contribution >= 4 is 18.0 Å². The van der Waals surface area contributed by atoms with Crippen molar-refractivity contribution in [3.8, 4) is 0 Å². The minimum atomic E-state index is -1.70. The van der Waals surface area contributed by atoms with Crippen LogP contribution in [0.15, 0.2) is 12.5 Å². The second-order valence-corrected chi connectivity index (χ2v) is 7.54. The first-order valence-electron chi connectivity index (χ1n) is 7.70. The highest BCUT2D eigenvalue weighted by Gasteiger charge is 2.39. The van der Waals surface area contributed by atoms with Gasteiger partial charge in [0.05, 0.1) is 17.9 Å². The Morgan fingerprint density at radius 1 is 1.12 bits per heavy atom. The van der Waals surface area contributed by atoms with E-state index in [2.05, 4.69) is 4.98 Å². The molecular weight excluding hydrogens is 330 g/mol. The maximum absolute atomic E-state index is 12.2. The molecule has 0 fully saturated rings. The molecule has 140 valence electrons. The quantitative estimate of drug-likeness (QED) is 0.616. The maximum atomic E-state index is 12.2. The highest BCUT2D eigenvalue weighted by molar-refractivity contribution is 5.95. The van der Waals surface area contributed by atoms with Crippen molar-refractivity contribution in [1.82, 2.24) is 9.55 Å². The lowest BCUT2D eigenvalue weighted by molar-refractivity contribution is -0.168. The number of rotatable bonds is 4. The molecule has 0 spiro atoms. The zero-order chi connectivity index (χ0) is 19.6. The second-order valence-electron chi connectivity index (χ2n) is 7.54. The first-order chi connectivity index (χ1) is 11.2. The van der Waals surface area contributed by atoms with E-state index in [0.717, 1.165) is 10.9 Å². The van der Waals surface area contributed by atoms with Gasteiger partial charge in [-0.15, -0.1) is 0 Å². The molecule has 0 aromatic carbocycles. The average molecular weight is 355 g/mol. The third-order valence-electron chi connectivity index (χ3n) is 2.88. The van der Waals surface area contributed by atoms with Crippen LogP contribution < -0.4 is 5.73 Å². The first kappa shape index (κ1) is 20.6. The van der Waals surface area contributed by atoms with E-state index in [1.54, 1.807) is 41.5 Å². The van der Waals surface area contributed by atoms with Crippen LogP contribution in [0.25, 0.3) is 0 Å². The number of nitrogens with zero attached hydrogens (tertiary/aromatic N) is 2. The van der Waals surface area contributed by atoms with Gasteiger partial charge in [0, 0.05) is 0 Å². The molecule has 1 aromatic heterocycles. The number of ether oxygens (including phenoxy) is 2. The summed E-state index contributed by atoms with van der Waals surface area (Å²) in [5, 5.41) is 9.40. The van der Waals surface area contributed by atoms with Crippen molar-refractivity contribution in [3.05, 3.63) is 18.2 Å². The van der Waals surface area contributed by atoms with Crippen molar-refractivity contribution in [1.29, 1.82) is 0 Å². The monoisotopic (exact) mass is 355 g/mol. The van der Waals surface area contributed by atoms with Crippen LogP contribution in [0.2, 0.25) is 0 Å². The van der Waals surface area contributed by atoms with Crippen molar-refractivity contribution in [2.45, 2.75) is 58.8 Å². The normalized spacial score (nSPS) is 14.5. The van der Waals surface area contributed by atoms with Gasteiger partial charge in [-0.3, -0.25) is 9.59 Å². The molecule has 9 nitrogen and oxygen atoms in total. The summed E-state index contributed by atoms with van der Waals surface area (Å²) in [7, 11) is 0. The van der Waals surface area contributed by atoms with E-state index in [1.807, 2.05) is 0 Å². The van der Waals surface area contributed by atoms with Gasteiger partial charge in [-0.2, -0.15) is 0 Å². The zero-order valence-electron chi connectivity index (χ0n) is 15.3. The van der Waals surface area contributed by atoms with E-state index in [-0.39, 0.29) is 5.69 Å². The fourth-order valence-corrected chi connectivity index (χ4v) is 1.95. The molecule has 0 aliphatic rings. The van der Waals surface area contributed by atoms with Crippen molar-refractivity contribution < 1.29 is 29.0 Å². The van der Waals surface area contributed by atoms with E-state index in [1.165, 1.54) is 6.20 Å². The van der Waals surface area contributed by atoms with Gasteiger partial charge in [0.2, 0.25) is 0 Å². The molecule has 2 atom stereocenters. The number of esters is 1. The van der Waals surface area contributed by atoms with Crippen LogP contribution in [0, 0.1) is 5.92 Å². The van der Waals surface area contributed by atoms with Crippen LogP contribution in [0.1, 0.15) is 53.3 Å². The van der Waals surface area contributed by atoms with Gasteiger partial charge < -0.3 is 20.3 Å². The Balaban J connectivity index is 3.14. The van der Waals surface area contributed by atoms with Crippen LogP contribution in [0.4, 0.5) is 4.79 Å². The van der Waals surface area contributed by atoms with Gasteiger partial charge in [-0.25, -0.2) is 14.3 Å². The Morgan fingerprint density at radius 3 is 2.08 bits per heavy atom. The molecule has 1 rings (SSSR count). The standard InChI is InChI=1S/C16H25N3O6/c1-15(2,3)24-13(22)10(12(20)21)11(17)9-7-18-8-19(9)14(23)25-16(4,5)6/h7-8,10-11H,17H2,1-6H3,(H,20,21). The molecule has 1 aromatic rings. The van der Waals surface area contributed by atoms with Gasteiger partial charge in [0.15, 0.2) is 5.92 Å². The molecule has 0 radical (unpaired) electrons. The summed E-state index contributed by atoms with van der Waals surface area (Å²) in [6, 6.07) is -1.35. The fraction of sp³-hybridized carbons (Fsp3) is 0.625. The highest BCUT2D eigenvalue weighted by atomic mass is 16.6. The Labute approximate surface area is 146 Å². The number of aromatic nitrogens is 2. The molecule has 0 aliphatic carbocycles. The summed E-state index contributed by atoms with van der Waals surface area (Å²) in [5.74, 6) is -4.15. The Bertz CT molecular complexity index is 654. The summed E-state index contributed by atoms with van der Waals surface area (Å²) in [6.07, 6.45) is 1.59. The summed E-state index contributed by atoms with van der Waals surface area (Å²) in [5.41, 5.74) is 4.35. The number of imidazole rings is 1. The predicted molar refractivity (Wildman–Crippen MR) is 87.8 cm³/mol.